The largest absolute Gasteiger partial charge is 0.346 e. The van der Waals surface area contributed by atoms with E-state index in [0.29, 0.717) is 13.1 Å². The van der Waals surface area contributed by atoms with Gasteiger partial charge in [0, 0.05) is 32.0 Å². The average molecular weight is 340 g/mol. The van der Waals surface area contributed by atoms with Crippen LogP contribution in [0.15, 0.2) is 4.79 Å². The van der Waals surface area contributed by atoms with Crippen LogP contribution in [0.2, 0.25) is 0 Å². The van der Waals surface area contributed by atoms with Crippen molar-refractivity contribution in [2.45, 2.75) is 58.0 Å². The number of aryl methyl sites for hydroxylation is 1. The van der Waals surface area contributed by atoms with Gasteiger partial charge in [0.05, 0.1) is 0 Å². The molecule has 6 nitrogen and oxygen atoms in total. The van der Waals surface area contributed by atoms with Crippen molar-refractivity contribution in [3.05, 3.63) is 16.3 Å². The number of alkyl halides is 2. The van der Waals surface area contributed by atoms with Gasteiger partial charge in [0.15, 0.2) is 0 Å². The van der Waals surface area contributed by atoms with Crippen molar-refractivity contribution in [1.29, 1.82) is 0 Å². The molecule has 24 heavy (non-hydrogen) atoms. The lowest BCUT2D eigenvalue weighted by molar-refractivity contribution is -0.131. The minimum Gasteiger partial charge on any atom is -0.340 e. The molecule has 1 unspecified atom stereocenters. The zero-order valence-corrected chi connectivity index (χ0v) is 13.6. The Morgan fingerprint density at radius 3 is 2.67 bits per heavy atom. The standard InChI is InChI=1S/C16H22F2N4O2/c17-14(18)11-8-20(10-16(11)5-3-6-16)13(23)9-22-15(24)21-7-2-1-4-12(21)19-22/h11,14H,1-10H2. The molecular formula is C16H22F2N4O2. The van der Waals surface area contributed by atoms with E-state index in [2.05, 4.69) is 5.10 Å². The van der Waals surface area contributed by atoms with Gasteiger partial charge in [-0.05, 0) is 31.1 Å². The SMILES string of the molecule is O=C(Cn1nc2n(c1=O)CCCC2)N1CC(C(F)F)C2(CCC2)C1. The van der Waals surface area contributed by atoms with Crippen LogP contribution < -0.4 is 5.69 Å². The third-order valence-corrected chi connectivity index (χ3v) is 6.03. The van der Waals surface area contributed by atoms with Crippen LogP contribution in [0.25, 0.3) is 0 Å². The molecular weight excluding hydrogens is 318 g/mol. The van der Waals surface area contributed by atoms with Gasteiger partial charge in [-0.15, -0.1) is 0 Å². The molecule has 0 N–H and O–H groups in total. The van der Waals surface area contributed by atoms with Gasteiger partial charge in [-0.1, -0.05) is 6.42 Å². The molecule has 132 valence electrons. The number of nitrogens with zero attached hydrogens (tertiary/aromatic N) is 4. The fraction of sp³-hybridized carbons (Fsp3) is 0.812. The van der Waals surface area contributed by atoms with Crippen molar-refractivity contribution in [2.24, 2.45) is 11.3 Å². The number of hydrogen-bond acceptors (Lipinski definition) is 3. The van der Waals surface area contributed by atoms with Gasteiger partial charge in [-0.2, -0.15) is 5.10 Å². The predicted octanol–water partition coefficient (Wildman–Crippen LogP) is 1.27. The van der Waals surface area contributed by atoms with E-state index >= 15 is 0 Å². The summed E-state index contributed by atoms with van der Waals surface area (Å²) in [6, 6.07) is 0. The number of carbonyl (C=O) groups excluding carboxylic acids is 1. The van der Waals surface area contributed by atoms with Gasteiger partial charge in [-0.25, -0.2) is 18.3 Å². The molecule has 2 fully saturated rings. The van der Waals surface area contributed by atoms with Crippen LogP contribution in [0.3, 0.4) is 0 Å². The van der Waals surface area contributed by atoms with Crippen molar-refractivity contribution in [1.82, 2.24) is 19.2 Å². The Morgan fingerprint density at radius 1 is 1.29 bits per heavy atom. The first-order chi connectivity index (χ1) is 11.5. The first-order valence-electron chi connectivity index (χ1n) is 8.73. The number of halogens is 2. The third-order valence-electron chi connectivity index (χ3n) is 6.03. The maximum atomic E-state index is 13.3. The molecule has 1 aromatic heterocycles. The monoisotopic (exact) mass is 340 g/mol. The van der Waals surface area contributed by atoms with Gasteiger partial charge >= 0.3 is 5.69 Å². The second-order valence-corrected chi connectivity index (χ2v) is 7.40. The first kappa shape index (κ1) is 15.8. The molecule has 1 spiro atoms. The molecule has 0 aromatic carbocycles. The number of carbonyl (C=O) groups is 1. The third kappa shape index (κ3) is 2.38. The van der Waals surface area contributed by atoms with E-state index in [1.165, 1.54) is 9.58 Å². The Balaban J connectivity index is 1.49. The highest BCUT2D eigenvalue weighted by Crippen LogP contribution is 2.53. The van der Waals surface area contributed by atoms with Crippen molar-refractivity contribution in [3.63, 3.8) is 0 Å². The Kier molecular flexibility index (Phi) is 3.73. The lowest BCUT2D eigenvalue weighted by Crippen LogP contribution is -2.41. The second-order valence-electron chi connectivity index (χ2n) is 7.40. The smallest absolute Gasteiger partial charge is 0.340 e. The summed E-state index contributed by atoms with van der Waals surface area (Å²) in [4.78, 5) is 26.4. The Morgan fingerprint density at radius 2 is 2.08 bits per heavy atom. The number of fused-ring (bicyclic) bond motifs is 1. The summed E-state index contributed by atoms with van der Waals surface area (Å²) < 4.78 is 29.5. The van der Waals surface area contributed by atoms with Gasteiger partial charge in [-0.3, -0.25) is 9.36 Å². The summed E-state index contributed by atoms with van der Waals surface area (Å²) in [5.74, 6) is -0.287. The fourth-order valence-corrected chi connectivity index (χ4v) is 4.47. The van der Waals surface area contributed by atoms with E-state index in [1.54, 1.807) is 4.57 Å². The Labute approximate surface area is 138 Å². The van der Waals surface area contributed by atoms with E-state index in [1.807, 2.05) is 0 Å². The molecule has 1 saturated heterocycles. The van der Waals surface area contributed by atoms with Crippen LogP contribution in [0.1, 0.15) is 37.9 Å². The molecule has 1 saturated carbocycles. The molecule has 8 heteroatoms. The molecule has 3 aliphatic rings. The normalized spacial score (nSPS) is 25.1. The van der Waals surface area contributed by atoms with E-state index < -0.39 is 17.8 Å². The highest BCUT2D eigenvalue weighted by Gasteiger charge is 2.54. The van der Waals surface area contributed by atoms with Gasteiger partial charge < -0.3 is 4.90 Å². The van der Waals surface area contributed by atoms with Gasteiger partial charge in [0.25, 0.3) is 0 Å². The van der Waals surface area contributed by atoms with Crippen LogP contribution in [0, 0.1) is 11.3 Å². The summed E-state index contributed by atoms with van der Waals surface area (Å²) in [6.45, 7) is 0.982. The van der Waals surface area contributed by atoms with Crippen LogP contribution in [0.4, 0.5) is 8.78 Å². The quantitative estimate of drug-likeness (QED) is 0.833. The highest BCUT2D eigenvalue weighted by atomic mass is 19.3. The predicted molar refractivity (Wildman–Crippen MR) is 81.8 cm³/mol. The summed E-state index contributed by atoms with van der Waals surface area (Å²) in [7, 11) is 0. The second kappa shape index (κ2) is 5.67. The van der Waals surface area contributed by atoms with Crippen molar-refractivity contribution >= 4 is 5.91 Å². The van der Waals surface area contributed by atoms with Gasteiger partial charge in [0.1, 0.15) is 12.4 Å². The van der Waals surface area contributed by atoms with E-state index in [4.69, 9.17) is 0 Å². The molecule has 1 aromatic rings. The molecule has 1 amide bonds. The molecule has 3 heterocycles. The maximum absolute atomic E-state index is 13.3. The summed E-state index contributed by atoms with van der Waals surface area (Å²) in [6.07, 6.45) is 2.78. The minimum atomic E-state index is -2.40. The number of amides is 1. The van der Waals surface area contributed by atoms with Crippen molar-refractivity contribution < 1.29 is 13.6 Å². The van der Waals surface area contributed by atoms with E-state index in [-0.39, 0.29) is 24.7 Å². The lowest BCUT2D eigenvalue weighted by atomic mass is 9.63. The molecule has 4 rings (SSSR count). The summed E-state index contributed by atoms with van der Waals surface area (Å²) in [5, 5.41) is 4.26. The number of likely N-dealkylation sites (tertiary alicyclic amines) is 1. The van der Waals surface area contributed by atoms with Crippen LogP contribution in [0.5, 0.6) is 0 Å². The number of rotatable bonds is 3. The van der Waals surface area contributed by atoms with Crippen LogP contribution in [-0.4, -0.2) is 44.7 Å². The summed E-state index contributed by atoms with van der Waals surface area (Å²) >= 11 is 0. The topological polar surface area (TPSA) is 60.1 Å². The van der Waals surface area contributed by atoms with Crippen molar-refractivity contribution in [3.8, 4) is 0 Å². The average Bonchev–Trinajstić information content (AvgIpc) is 3.07. The molecule has 2 aliphatic heterocycles. The van der Waals surface area contributed by atoms with Crippen LogP contribution >= 0.6 is 0 Å². The Bertz CT molecular complexity index is 707. The van der Waals surface area contributed by atoms with E-state index in [9.17, 15) is 18.4 Å². The maximum Gasteiger partial charge on any atom is 0.346 e. The molecule has 0 radical (unpaired) electrons. The van der Waals surface area contributed by atoms with Crippen LogP contribution in [-0.2, 0) is 24.3 Å². The minimum absolute atomic E-state index is 0.0960. The zero-order valence-electron chi connectivity index (χ0n) is 13.6. The highest BCUT2D eigenvalue weighted by molar-refractivity contribution is 5.76. The molecule has 1 aliphatic carbocycles. The van der Waals surface area contributed by atoms with E-state index in [0.717, 1.165) is 44.3 Å². The number of aromatic nitrogens is 3. The number of hydrogen-bond donors (Lipinski definition) is 0. The lowest BCUT2D eigenvalue weighted by Gasteiger charge is -2.42. The first-order valence-corrected chi connectivity index (χ1v) is 8.73. The zero-order chi connectivity index (χ0) is 16.9. The van der Waals surface area contributed by atoms with Crippen molar-refractivity contribution in [2.75, 3.05) is 13.1 Å². The molecule has 0 bridgehead atoms. The van der Waals surface area contributed by atoms with Gasteiger partial charge in [0.2, 0.25) is 12.3 Å². The molecule has 1 atom stereocenters. The summed E-state index contributed by atoms with van der Waals surface area (Å²) in [5.41, 5.74) is -0.664. The fourth-order valence-electron chi connectivity index (χ4n) is 4.47. The Hall–Kier alpha value is -1.73.